The molecule has 1 aromatic heterocycles. The van der Waals surface area contributed by atoms with Crippen LogP contribution in [-0.2, 0) is 14.8 Å². The summed E-state index contributed by atoms with van der Waals surface area (Å²) in [5.74, 6) is 0. The van der Waals surface area contributed by atoms with Crippen LogP contribution in [0.25, 0.3) is 0 Å². The maximum atomic E-state index is 13.2. The van der Waals surface area contributed by atoms with Crippen LogP contribution in [0, 0.1) is 0 Å². The lowest BCUT2D eigenvalue weighted by molar-refractivity contribution is 0.00648. The summed E-state index contributed by atoms with van der Waals surface area (Å²) in [6.45, 7) is 2.90. The highest BCUT2D eigenvalue weighted by molar-refractivity contribution is 7.91. The van der Waals surface area contributed by atoms with Crippen LogP contribution >= 0.6 is 11.3 Å². The molecular weight excluding hydrogens is 412 g/mol. The Bertz CT molecular complexity index is 769. The molecule has 0 bridgehead atoms. The fourth-order valence-corrected chi connectivity index (χ4v) is 5.81. The Balaban J connectivity index is 1.68. The first-order valence-electron chi connectivity index (χ1n) is 10.6. The molecule has 29 heavy (non-hydrogen) atoms. The zero-order chi connectivity index (χ0) is 20.9. The number of hydrogen-bond donors (Lipinski definition) is 2. The number of primary sulfonamides is 1. The molecule has 2 saturated carbocycles. The lowest BCUT2D eigenvalue weighted by atomic mass is 9.88. The van der Waals surface area contributed by atoms with E-state index in [9.17, 15) is 13.2 Å². The minimum absolute atomic E-state index is 0.0504. The fraction of sp³-hybridized carbons (Fsp3) is 0.789. The van der Waals surface area contributed by atoms with E-state index >= 15 is 0 Å². The van der Waals surface area contributed by atoms with Gasteiger partial charge in [0.05, 0.1) is 12.3 Å². The van der Waals surface area contributed by atoms with Crippen LogP contribution in [0.15, 0.2) is 10.4 Å². The molecule has 0 radical (unpaired) electrons. The zero-order valence-corrected chi connectivity index (χ0v) is 18.6. The molecule has 0 saturated heterocycles. The Kier molecular flexibility index (Phi) is 7.89. The SMILES string of the molecule is CCCOC1CCC(N(C(=O)Nc2ncc(S(N)(=O)=O)s2)C2CCCCC2)CC1. The number of nitrogens with zero attached hydrogens (tertiary/aromatic N) is 2. The van der Waals surface area contributed by atoms with E-state index in [1.54, 1.807) is 0 Å². The number of amides is 2. The van der Waals surface area contributed by atoms with E-state index in [4.69, 9.17) is 9.88 Å². The number of thiazole rings is 1. The van der Waals surface area contributed by atoms with E-state index in [1.165, 1.54) is 12.6 Å². The van der Waals surface area contributed by atoms with Crippen molar-refractivity contribution in [3.8, 4) is 0 Å². The number of urea groups is 1. The van der Waals surface area contributed by atoms with Gasteiger partial charge in [-0.3, -0.25) is 5.32 Å². The summed E-state index contributed by atoms with van der Waals surface area (Å²) in [6, 6.07) is 0.210. The molecule has 0 atom stereocenters. The average Bonchev–Trinajstić information content (AvgIpc) is 3.17. The van der Waals surface area contributed by atoms with E-state index in [0.717, 1.165) is 75.7 Å². The summed E-state index contributed by atoms with van der Waals surface area (Å²) in [4.78, 5) is 19.2. The average molecular weight is 445 g/mol. The van der Waals surface area contributed by atoms with Crippen molar-refractivity contribution >= 4 is 32.5 Å². The second-order valence-corrected chi connectivity index (χ2v) is 10.8. The summed E-state index contributed by atoms with van der Waals surface area (Å²) in [5, 5.41) is 8.23. The summed E-state index contributed by atoms with van der Waals surface area (Å²) in [6.07, 6.45) is 11.8. The van der Waals surface area contributed by atoms with Gasteiger partial charge in [0.15, 0.2) is 9.34 Å². The quantitative estimate of drug-likeness (QED) is 0.665. The molecule has 0 aliphatic heterocycles. The van der Waals surface area contributed by atoms with Crippen molar-refractivity contribution in [2.24, 2.45) is 5.14 Å². The number of nitrogens with two attached hydrogens (primary N) is 1. The van der Waals surface area contributed by atoms with E-state index < -0.39 is 10.0 Å². The van der Waals surface area contributed by atoms with Gasteiger partial charge in [-0.05, 0) is 44.9 Å². The Labute approximate surface area is 177 Å². The second kappa shape index (κ2) is 10.2. The number of nitrogens with one attached hydrogen (secondary N) is 1. The molecule has 0 aromatic carbocycles. The molecule has 3 N–H and O–H groups in total. The summed E-state index contributed by atoms with van der Waals surface area (Å²) >= 11 is 0.886. The van der Waals surface area contributed by atoms with Gasteiger partial charge < -0.3 is 9.64 Å². The first-order valence-corrected chi connectivity index (χ1v) is 12.9. The Hall–Kier alpha value is -1.23. The Morgan fingerprint density at radius 1 is 1.21 bits per heavy atom. The Morgan fingerprint density at radius 2 is 1.86 bits per heavy atom. The standard InChI is InChI=1S/C19H32N4O4S2/c1-2-12-27-16-10-8-15(9-11-16)23(14-6-4-3-5-7-14)19(24)22-18-21-13-17(28-18)29(20,25)26/h13-16H,2-12H2,1H3,(H2,20,25,26)(H,21,22,24). The van der Waals surface area contributed by atoms with Crippen LogP contribution in [0.5, 0.6) is 0 Å². The smallest absolute Gasteiger partial charge is 0.324 e. The molecule has 2 aliphatic rings. The van der Waals surface area contributed by atoms with Crippen molar-refractivity contribution < 1.29 is 17.9 Å². The van der Waals surface area contributed by atoms with Crippen LogP contribution in [0.3, 0.4) is 0 Å². The minimum atomic E-state index is -3.82. The maximum absolute atomic E-state index is 13.2. The van der Waals surface area contributed by atoms with E-state index in [0.29, 0.717) is 6.10 Å². The van der Waals surface area contributed by atoms with Crippen LogP contribution in [0.1, 0.15) is 71.1 Å². The normalized spacial score (nSPS) is 23.7. The molecule has 2 fully saturated rings. The van der Waals surface area contributed by atoms with Crippen molar-refractivity contribution in [2.75, 3.05) is 11.9 Å². The molecule has 8 nitrogen and oxygen atoms in total. The minimum Gasteiger partial charge on any atom is -0.378 e. The Morgan fingerprint density at radius 3 is 2.45 bits per heavy atom. The van der Waals surface area contributed by atoms with Gasteiger partial charge in [-0.1, -0.05) is 37.5 Å². The van der Waals surface area contributed by atoms with Gasteiger partial charge in [-0.15, -0.1) is 0 Å². The molecule has 10 heteroatoms. The number of aromatic nitrogens is 1. The monoisotopic (exact) mass is 444 g/mol. The van der Waals surface area contributed by atoms with E-state index in [-0.39, 0.29) is 27.5 Å². The number of anilines is 1. The third-order valence-corrected chi connectivity index (χ3v) is 8.10. The second-order valence-electron chi connectivity index (χ2n) is 7.96. The van der Waals surface area contributed by atoms with Crippen molar-refractivity contribution in [3.63, 3.8) is 0 Å². The van der Waals surface area contributed by atoms with Crippen LogP contribution in [0.4, 0.5) is 9.93 Å². The summed E-state index contributed by atoms with van der Waals surface area (Å²) in [5.41, 5.74) is 0. The number of sulfonamides is 1. The van der Waals surface area contributed by atoms with Gasteiger partial charge in [0, 0.05) is 18.7 Å². The summed E-state index contributed by atoms with van der Waals surface area (Å²) in [7, 11) is -3.82. The molecule has 3 rings (SSSR count). The van der Waals surface area contributed by atoms with Crippen LogP contribution in [-0.4, -0.2) is 49.1 Å². The predicted octanol–water partition coefficient (Wildman–Crippen LogP) is 3.69. The molecule has 0 spiro atoms. The molecule has 2 aliphatic carbocycles. The third kappa shape index (κ3) is 6.13. The number of ether oxygens (including phenoxy) is 1. The highest BCUT2D eigenvalue weighted by atomic mass is 32.2. The van der Waals surface area contributed by atoms with Gasteiger partial charge in [-0.25, -0.2) is 23.3 Å². The zero-order valence-electron chi connectivity index (χ0n) is 17.0. The number of carbonyl (C=O) groups excluding carboxylic acids is 1. The lowest BCUT2D eigenvalue weighted by Crippen LogP contribution is -2.51. The number of rotatable bonds is 7. The number of carbonyl (C=O) groups is 1. The highest BCUT2D eigenvalue weighted by Gasteiger charge is 2.35. The van der Waals surface area contributed by atoms with Crippen LogP contribution in [0.2, 0.25) is 0 Å². The molecule has 1 heterocycles. The van der Waals surface area contributed by atoms with Gasteiger partial charge >= 0.3 is 6.03 Å². The van der Waals surface area contributed by atoms with E-state index in [2.05, 4.69) is 17.2 Å². The van der Waals surface area contributed by atoms with E-state index in [1.807, 2.05) is 4.90 Å². The molecule has 2 amide bonds. The van der Waals surface area contributed by atoms with Crippen LogP contribution < -0.4 is 10.5 Å². The molecule has 164 valence electrons. The van der Waals surface area contributed by atoms with Gasteiger partial charge in [0.1, 0.15) is 0 Å². The van der Waals surface area contributed by atoms with Gasteiger partial charge in [-0.2, -0.15) is 0 Å². The third-order valence-electron chi connectivity index (χ3n) is 5.78. The molecule has 0 unspecified atom stereocenters. The first kappa shape index (κ1) is 22.5. The number of hydrogen-bond acceptors (Lipinski definition) is 6. The maximum Gasteiger partial charge on any atom is 0.324 e. The lowest BCUT2D eigenvalue weighted by Gasteiger charge is -2.42. The molecular formula is C19H32N4O4S2. The van der Waals surface area contributed by atoms with Crippen molar-refractivity contribution in [1.29, 1.82) is 0 Å². The topological polar surface area (TPSA) is 115 Å². The van der Waals surface area contributed by atoms with Crippen molar-refractivity contribution in [3.05, 3.63) is 6.20 Å². The largest absolute Gasteiger partial charge is 0.378 e. The predicted molar refractivity (Wildman–Crippen MR) is 114 cm³/mol. The fourth-order valence-electron chi connectivity index (χ4n) is 4.37. The van der Waals surface area contributed by atoms with Crippen molar-refractivity contribution in [2.45, 2.75) is 93.5 Å². The molecule has 1 aromatic rings. The summed E-state index contributed by atoms with van der Waals surface area (Å²) < 4.78 is 28.8. The van der Waals surface area contributed by atoms with Crippen molar-refractivity contribution in [1.82, 2.24) is 9.88 Å². The first-order chi connectivity index (χ1) is 13.9. The van der Waals surface area contributed by atoms with Gasteiger partial charge in [0.25, 0.3) is 0 Å². The highest BCUT2D eigenvalue weighted by Crippen LogP contribution is 2.32. The van der Waals surface area contributed by atoms with Gasteiger partial charge in [0.2, 0.25) is 10.0 Å².